The molecule has 0 aliphatic carbocycles. The topological polar surface area (TPSA) is 47.7 Å². The van der Waals surface area contributed by atoms with Gasteiger partial charge in [-0.1, -0.05) is 12.1 Å². The molecule has 1 rings (SSSR count). The van der Waals surface area contributed by atoms with Crippen LogP contribution in [0.15, 0.2) is 24.3 Å². The molecule has 2 N–H and O–H groups in total. The average molecular weight is 238 g/mol. The molecule has 0 radical (unpaired) electrons. The van der Waals surface area contributed by atoms with E-state index in [1.54, 1.807) is 14.2 Å². The van der Waals surface area contributed by atoms with Gasteiger partial charge in [0.25, 0.3) is 0 Å². The van der Waals surface area contributed by atoms with Gasteiger partial charge in [-0.15, -0.1) is 0 Å². The quantitative estimate of drug-likeness (QED) is 0.777. The molecule has 0 heterocycles. The van der Waals surface area contributed by atoms with Gasteiger partial charge in [0, 0.05) is 26.2 Å². The van der Waals surface area contributed by atoms with Crippen molar-refractivity contribution in [3.8, 4) is 5.75 Å². The molecular weight excluding hydrogens is 216 g/mol. The van der Waals surface area contributed by atoms with Gasteiger partial charge in [0.15, 0.2) is 0 Å². The van der Waals surface area contributed by atoms with Gasteiger partial charge in [-0.05, 0) is 24.7 Å². The first-order valence-electron chi connectivity index (χ1n) is 5.76. The number of ether oxygens (including phenoxy) is 2. The van der Waals surface area contributed by atoms with Crippen LogP contribution in [0.25, 0.3) is 0 Å². The molecule has 1 aromatic carbocycles. The highest BCUT2D eigenvalue weighted by Gasteiger charge is 2.14. The molecule has 1 atom stereocenters. The van der Waals surface area contributed by atoms with Crippen LogP contribution in [0, 0.1) is 0 Å². The highest BCUT2D eigenvalue weighted by Crippen LogP contribution is 2.20. The minimum atomic E-state index is 0.219. The maximum absolute atomic E-state index is 5.83. The zero-order valence-corrected chi connectivity index (χ0v) is 10.8. The van der Waals surface area contributed by atoms with Crippen LogP contribution >= 0.6 is 0 Å². The first-order chi connectivity index (χ1) is 8.22. The zero-order chi connectivity index (χ0) is 12.7. The van der Waals surface area contributed by atoms with Crippen molar-refractivity contribution in [2.24, 2.45) is 5.73 Å². The molecule has 96 valence electrons. The van der Waals surface area contributed by atoms with E-state index >= 15 is 0 Å². The van der Waals surface area contributed by atoms with Crippen molar-refractivity contribution in [2.45, 2.75) is 6.04 Å². The van der Waals surface area contributed by atoms with E-state index in [0.29, 0.717) is 13.2 Å². The Kier molecular flexibility index (Phi) is 5.97. The average Bonchev–Trinajstić information content (AvgIpc) is 2.38. The number of methoxy groups -OCH3 is 2. The van der Waals surface area contributed by atoms with Crippen LogP contribution in [0.1, 0.15) is 11.6 Å². The maximum Gasteiger partial charge on any atom is 0.118 e. The summed E-state index contributed by atoms with van der Waals surface area (Å²) in [6, 6.07) is 8.25. The normalized spacial score (nSPS) is 12.8. The van der Waals surface area contributed by atoms with Crippen LogP contribution < -0.4 is 10.5 Å². The summed E-state index contributed by atoms with van der Waals surface area (Å²) in [6.07, 6.45) is 0. The van der Waals surface area contributed by atoms with Crippen LogP contribution in [-0.4, -0.2) is 45.9 Å². The Morgan fingerprint density at radius 1 is 1.24 bits per heavy atom. The monoisotopic (exact) mass is 238 g/mol. The summed E-state index contributed by atoms with van der Waals surface area (Å²) in [6.45, 7) is 2.17. The molecule has 17 heavy (non-hydrogen) atoms. The molecule has 0 aliphatic heterocycles. The Hall–Kier alpha value is -1.10. The van der Waals surface area contributed by atoms with Gasteiger partial charge in [-0.25, -0.2) is 0 Å². The molecule has 0 aromatic heterocycles. The lowest BCUT2D eigenvalue weighted by atomic mass is 10.1. The second-order valence-corrected chi connectivity index (χ2v) is 4.00. The van der Waals surface area contributed by atoms with Crippen molar-refractivity contribution in [3.05, 3.63) is 29.8 Å². The molecule has 4 nitrogen and oxygen atoms in total. The van der Waals surface area contributed by atoms with Crippen LogP contribution in [-0.2, 0) is 4.74 Å². The number of hydrogen-bond donors (Lipinski definition) is 1. The number of nitrogens with zero attached hydrogens (tertiary/aromatic N) is 1. The predicted molar refractivity (Wildman–Crippen MR) is 69.3 cm³/mol. The first-order valence-corrected chi connectivity index (χ1v) is 5.76. The Balaban J connectivity index is 2.70. The van der Waals surface area contributed by atoms with Crippen LogP contribution in [0.5, 0.6) is 5.75 Å². The number of benzene rings is 1. The fourth-order valence-corrected chi connectivity index (χ4v) is 1.79. The second kappa shape index (κ2) is 7.27. The fraction of sp³-hybridized carbons (Fsp3) is 0.538. The molecule has 0 saturated carbocycles. The molecular formula is C13H22N2O2. The van der Waals surface area contributed by atoms with Crippen LogP contribution in [0.3, 0.4) is 0 Å². The Labute approximate surface area is 103 Å². The van der Waals surface area contributed by atoms with Gasteiger partial charge in [0.2, 0.25) is 0 Å². The van der Waals surface area contributed by atoms with E-state index in [2.05, 4.69) is 24.1 Å². The standard InChI is InChI=1S/C13H22N2O2/c1-15(8-9-16-2)13(10-14)11-4-6-12(17-3)7-5-11/h4-7,13H,8-10,14H2,1-3H3. The zero-order valence-electron chi connectivity index (χ0n) is 10.8. The Morgan fingerprint density at radius 3 is 2.35 bits per heavy atom. The van der Waals surface area contributed by atoms with E-state index in [1.165, 1.54) is 5.56 Å². The predicted octanol–water partition coefficient (Wildman–Crippen LogP) is 1.27. The SMILES string of the molecule is COCCN(C)C(CN)c1ccc(OC)cc1. The summed E-state index contributed by atoms with van der Waals surface area (Å²) in [5, 5.41) is 0. The lowest BCUT2D eigenvalue weighted by molar-refractivity contribution is 0.140. The molecule has 0 amide bonds. The van der Waals surface area contributed by atoms with Crippen molar-refractivity contribution < 1.29 is 9.47 Å². The van der Waals surface area contributed by atoms with Crippen molar-refractivity contribution in [3.63, 3.8) is 0 Å². The molecule has 1 aromatic rings. The summed E-state index contributed by atoms with van der Waals surface area (Å²) in [4.78, 5) is 2.20. The van der Waals surface area contributed by atoms with Crippen molar-refractivity contribution >= 4 is 0 Å². The van der Waals surface area contributed by atoms with Crippen LogP contribution in [0.4, 0.5) is 0 Å². The summed E-state index contributed by atoms with van der Waals surface area (Å²) in [5.74, 6) is 0.865. The number of hydrogen-bond acceptors (Lipinski definition) is 4. The molecule has 0 saturated heterocycles. The molecule has 1 unspecified atom stereocenters. The van der Waals surface area contributed by atoms with E-state index in [0.717, 1.165) is 12.3 Å². The molecule has 0 bridgehead atoms. The fourth-order valence-electron chi connectivity index (χ4n) is 1.79. The minimum Gasteiger partial charge on any atom is -0.497 e. The van der Waals surface area contributed by atoms with Gasteiger partial charge in [-0.2, -0.15) is 0 Å². The smallest absolute Gasteiger partial charge is 0.118 e. The highest BCUT2D eigenvalue weighted by molar-refractivity contribution is 5.29. The van der Waals surface area contributed by atoms with Gasteiger partial charge in [0.05, 0.1) is 13.7 Å². The summed E-state index contributed by atoms with van der Waals surface area (Å²) in [7, 11) is 5.43. The largest absolute Gasteiger partial charge is 0.497 e. The van der Waals surface area contributed by atoms with Gasteiger partial charge in [-0.3, -0.25) is 4.90 Å². The molecule has 4 heteroatoms. The molecule has 0 fully saturated rings. The van der Waals surface area contributed by atoms with Crippen molar-refractivity contribution in [1.29, 1.82) is 0 Å². The summed E-state index contributed by atoms with van der Waals surface area (Å²) < 4.78 is 10.2. The van der Waals surface area contributed by atoms with E-state index in [4.69, 9.17) is 15.2 Å². The minimum absolute atomic E-state index is 0.219. The molecule has 0 aliphatic rings. The van der Waals surface area contributed by atoms with E-state index in [-0.39, 0.29) is 6.04 Å². The number of rotatable bonds is 7. The third kappa shape index (κ3) is 4.00. The summed E-state index contributed by atoms with van der Waals surface area (Å²) >= 11 is 0. The lowest BCUT2D eigenvalue weighted by Gasteiger charge is -2.27. The third-order valence-electron chi connectivity index (χ3n) is 2.90. The lowest BCUT2D eigenvalue weighted by Crippen LogP contribution is -2.32. The third-order valence-corrected chi connectivity index (χ3v) is 2.90. The van der Waals surface area contributed by atoms with Gasteiger partial charge in [0.1, 0.15) is 5.75 Å². The number of likely N-dealkylation sites (N-methyl/N-ethyl adjacent to an activating group) is 1. The van der Waals surface area contributed by atoms with Gasteiger partial charge >= 0.3 is 0 Å². The highest BCUT2D eigenvalue weighted by atomic mass is 16.5. The molecule has 0 spiro atoms. The maximum atomic E-state index is 5.83. The summed E-state index contributed by atoms with van der Waals surface area (Å²) in [5.41, 5.74) is 7.04. The van der Waals surface area contributed by atoms with Crippen LogP contribution in [0.2, 0.25) is 0 Å². The Morgan fingerprint density at radius 2 is 1.88 bits per heavy atom. The van der Waals surface area contributed by atoms with E-state index in [9.17, 15) is 0 Å². The van der Waals surface area contributed by atoms with E-state index < -0.39 is 0 Å². The Bertz CT molecular complexity index is 314. The van der Waals surface area contributed by atoms with Gasteiger partial charge < -0.3 is 15.2 Å². The number of nitrogens with two attached hydrogens (primary N) is 1. The van der Waals surface area contributed by atoms with Crippen molar-refractivity contribution in [1.82, 2.24) is 4.90 Å². The van der Waals surface area contributed by atoms with Crippen molar-refractivity contribution in [2.75, 3.05) is 41.0 Å². The second-order valence-electron chi connectivity index (χ2n) is 4.00. The first kappa shape index (κ1) is 14.0. The van der Waals surface area contributed by atoms with E-state index in [1.807, 2.05) is 12.1 Å².